The molecule has 2 heterocycles. The first-order valence-electron chi connectivity index (χ1n) is 14.7. The Bertz CT molecular complexity index is 1600. The fourth-order valence-electron chi connectivity index (χ4n) is 6.42. The van der Waals surface area contributed by atoms with Gasteiger partial charge in [-0.3, -0.25) is 4.79 Å². The summed E-state index contributed by atoms with van der Waals surface area (Å²) in [4.78, 5) is 13.5. The molecule has 3 aromatic carbocycles. The number of aryl methyl sites for hydroxylation is 1. The summed E-state index contributed by atoms with van der Waals surface area (Å²) in [5.74, 6) is 0.213. The number of amides is 1. The van der Waals surface area contributed by atoms with Crippen molar-refractivity contribution < 1.29 is 13.9 Å². The Morgan fingerprint density at radius 1 is 1.07 bits per heavy atom. The summed E-state index contributed by atoms with van der Waals surface area (Å²) in [5.41, 5.74) is 3.19. The van der Waals surface area contributed by atoms with Gasteiger partial charge in [-0.15, -0.1) is 0 Å². The number of benzene rings is 3. The first-order valence-corrected chi connectivity index (χ1v) is 15.5. The van der Waals surface area contributed by atoms with Gasteiger partial charge < -0.3 is 14.6 Å². The van der Waals surface area contributed by atoms with Crippen molar-refractivity contribution in [3.8, 4) is 0 Å². The molecule has 3 unspecified atom stereocenters. The number of rotatable bonds is 9. The van der Waals surface area contributed by atoms with E-state index in [1.807, 2.05) is 30.1 Å². The highest BCUT2D eigenvalue weighted by Crippen LogP contribution is 2.36. The average Bonchev–Trinajstić information content (AvgIpc) is 3.27. The van der Waals surface area contributed by atoms with Crippen molar-refractivity contribution in [1.82, 2.24) is 8.87 Å². The van der Waals surface area contributed by atoms with E-state index in [2.05, 4.69) is 57.2 Å². The first kappa shape index (κ1) is 28.0. The quantitative estimate of drug-likeness (QED) is 0.135. The summed E-state index contributed by atoms with van der Waals surface area (Å²) >= 11 is 1.87. The SMILES string of the molecule is C=c1c2cccc3c(NC(=O)C4CCCN(SC5C=CC(c6ccc(F)cc6)CC5)C4)ccc(c32)n1CCCOC. The predicted molar refractivity (Wildman–Crippen MR) is 168 cm³/mol. The highest BCUT2D eigenvalue weighted by Gasteiger charge is 2.29. The smallest absolute Gasteiger partial charge is 0.228 e. The molecule has 6 rings (SSSR count). The van der Waals surface area contributed by atoms with Crippen LogP contribution in [0.5, 0.6) is 0 Å². The van der Waals surface area contributed by atoms with Gasteiger partial charge in [0.1, 0.15) is 5.82 Å². The second kappa shape index (κ2) is 12.4. The average molecular weight is 572 g/mol. The largest absolute Gasteiger partial charge is 0.385 e. The van der Waals surface area contributed by atoms with Gasteiger partial charge in [0, 0.05) is 77.2 Å². The minimum atomic E-state index is -0.189. The van der Waals surface area contributed by atoms with Crippen LogP contribution in [0.25, 0.3) is 28.3 Å². The zero-order valence-electron chi connectivity index (χ0n) is 23.7. The molecule has 2 aliphatic rings. The molecule has 0 saturated carbocycles. The summed E-state index contributed by atoms with van der Waals surface area (Å²) < 4.78 is 23.2. The van der Waals surface area contributed by atoms with Gasteiger partial charge in [0.25, 0.3) is 0 Å². The maximum absolute atomic E-state index is 13.5. The molecular weight excluding hydrogens is 533 g/mol. The zero-order chi connectivity index (χ0) is 28.3. The van der Waals surface area contributed by atoms with Gasteiger partial charge >= 0.3 is 0 Å². The fourth-order valence-corrected chi connectivity index (χ4v) is 7.71. The Balaban J connectivity index is 1.11. The van der Waals surface area contributed by atoms with Crippen LogP contribution in [0.1, 0.15) is 43.6 Å². The third-order valence-electron chi connectivity index (χ3n) is 8.59. The number of anilines is 1. The van der Waals surface area contributed by atoms with Gasteiger partial charge in [0.15, 0.2) is 0 Å². The fraction of sp³-hybridized carbons (Fsp3) is 0.382. The first-order chi connectivity index (χ1) is 20.0. The molecule has 3 atom stereocenters. The van der Waals surface area contributed by atoms with E-state index >= 15 is 0 Å². The van der Waals surface area contributed by atoms with Crippen LogP contribution in [0.4, 0.5) is 10.1 Å². The van der Waals surface area contributed by atoms with Crippen LogP contribution >= 0.6 is 11.9 Å². The van der Waals surface area contributed by atoms with E-state index in [1.165, 1.54) is 5.56 Å². The number of hydrogen-bond acceptors (Lipinski definition) is 4. The molecule has 1 fully saturated rings. The van der Waals surface area contributed by atoms with Crippen molar-refractivity contribution in [3.05, 3.63) is 83.5 Å². The van der Waals surface area contributed by atoms with Crippen molar-refractivity contribution in [2.75, 3.05) is 32.1 Å². The van der Waals surface area contributed by atoms with Crippen LogP contribution in [0.2, 0.25) is 0 Å². The molecule has 1 aliphatic carbocycles. The summed E-state index contributed by atoms with van der Waals surface area (Å²) in [5, 5.41) is 8.06. The lowest BCUT2D eigenvalue weighted by Gasteiger charge is -2.34. The summed E-state index contributed by atoms with van der Waals surface area (Å²) in [6.45, 7) is 7.69. The maximum Gasteiger partial charge on any atom is 0.228 e. The number of piperidine rings is 1. The second-order valence-corrected chi connectivity index (χ2v) is 12.6. The number of hydrogen-bond donors (Lipinski definition) is 1. The molecule has 1 N–H and O–H groups in total. The molecule has 1 amide bonds. The Morgan fingerprint density at radius 2 is 1.90 bits per heavy atom. The van der Waals surface area contributed by atoms with Gasteiger partial charge in [0.05, 0.1) is 5.92 Å². The number of nitrogens with zero attached hydrogens (tertiary/aromatic N) is 2. The molecular formula is C34H38FN3O2S. The number of aromatic nitrogens is 1. The van der Waals surface area contributed by atoms with Crippen molar-refractivity contribution in [3.63, 3.8) is 0 Å². The molecule has 214 valence electrons. The van der Waals surface area contributed by atoms with Crippen LogP contribution in [0.3, 0.4) is 0 Å². The Labute approximate surface area is 245 Å². The number of ether oxygens (including phenoxy) is 1. The van der Waals surface area contributed by atoms with E-state index in [0.717, 1.165) is 84.5 Å². The zero-order valence-corrected chi connectivity index (χ0v) is 24.5. The number of allylic oxidation sites excluding steroid dienone is 1. The minimum Gasteiger partial charge on any atom is -0.385 e. The lowest BCUT2D eigenvalue weighted by Crippen LogP contribution is -2.38. The number of halogens is 1. The van der Waals surface area contributed by atoms with Crippen molar-refractivity contribution >= 4 is 51.8 Å². The number of carbonyl (C=O) groups excluding carboxylic acids is 1. The van der Waals surface area contributed by atoms with Crippen molar-refractivity contribution in [1.29, 1.82) is 0 Å². The van der Waals surface area contributed by atoms with Crippen molar-refractivity contribution in [2.24, 2.45) is 5.92 Å². The Kier molecular flexibility index (Phi) is 8.47. The van der Waals surface area contributed by atoms with E-state index in [9.17, 15) is 9.18 Å². The molecule has 4 aromatic rings. The van der Waals surface area contributed by atoms with Crippen LogP contribution in [-0.4, -0.2) is 46.8 Å². The normalized spacial score (nSPS) is 21.6. The molecule has 0 bridgehead atoms. The van der Waals surface area contributed by atoms with Crippen molar-refractivity contribution in [2.45, 2.75) is 49.8 Å². The van der Waals surface area contributed by atoms with E-state index < -0.39 is 0 Å². The summed E-state index contributed by atoms with van der Waals surface area (Å²) in [6.07, 6.45) is 9.53. The highest BCUT2D eigenvalue weighted by atomic mass is 32.2. The highest BCUT2D eigenvalue weighted by molar-refractivity contribution is 7.97. The van der Waals surface area contributed by atoms with Crippen LogP contribution < -0.4 is 10.7 Å². The Morgan fingerprint density at radius 3 is 2.68 bits per heavy atom. The van der Waals surface area contributed by atoms with Crippen LogP contribution in [0.15, 0.2) is 66.7 Å². The van der Waals surface area contributed by atoms with E-state index in [4.69, 9.17) is 4.74 Å². The maximum atomic E-state index is 13.5. The third kappa shape index (κ3) is 5.94. The topological polar surface area (TPSA) is 46.5 Å². The number of carbonyl (C=O) groups is 1. The van der Waals surface area contributed by atoms with Crippen LogP contribution in [0, 0.1) is 11.7 Å². The molecule has 7 heteroatoms. The number of nitrogens with one attached hydrogen (secondary N) is 1. The van der Waals surface area contributed by atoms with Gasteiger partial charge in [-0.1, -0.05) is 61.0 Å². The lowest BCUT2D eigenvalue weighted by molar-refractivity contribution is -0.120. The standard InChI is InChI=1S/C34H38FN3O2S/c1-23-29-7-3-8-30-31(17-18-32(33(29)30)38(23)20-5-21-40-2)36-34(39)26-6-4-19-37(22-26)41-28-15-11-25(12-16-28)24-9-13-27(35)14-10-24/h3,7-11,13-15,17-18,25-26,28H,1,4-6,12,16,19-22H2,2H3,(H,36,39). The van der Waals surface area contributed by atoms with Gasteiger partial charge in [0.2, 0.25) is 5.91 Å². The van der Waals surface area contributed by atoms with Gasteiger partial charge in [-0.25, -0.2) is 8.70 Å². The Hall–Kier alpha value is -3.13. The third-order valence-corrected chi connectivity index (χ3v) is 9.89. The van der Waals surface area contributed by atoms with E-state index in [-0.39, 0.29) is 17.6 Å². The number of methoxy groups -OCH3 is 1. The molecule has 0 radical (unpaired) electrons. The van der Waals surface area contributed by atoms with E-state index in [0.29, 0.717) is 17.8 Å². The molecule has 1 aliphatic heterocycles. The van der Waals surface area contributed by atoms with E-state index in [1.54, 1.807) is 19.2 Å². The predicted octanol–water partition coefficient (Wildman–Crippen LogP) is 6.90. The molecule has 1 saturated heterocycles. The van der Waals surface area contributed by atoms with Gasteiger partial charge in [-0.05, 0) is 61.9 Å². The summed E-state index contributed by atoms with van der Waals surface area (Å²) in [6, 6.07) is 17.3. The molecule has 0 spiro atoms. The minimum absolute atomic E-state index is 0.0423. The lowest BCUT2D eigenvalue weighted by atomic mass is 9.89. The molecule has 41 heavy (non-hydrogen) atoms. The second-order valence-electron chi connectivity index (χ2n) is 11.3. The summed E-state index contributed by atoms with van der Waals surface area (Å²) in [7, 11) is 1.73. The monoisotopic (exact) mass is 571 g/mol. The molecule has 1 aromatic heterocycles. The molecule has 5 nitrogen and oxygen atoms in total. The van der Waals surface area contributed by atoms with Crippen LogP contribution in [-0.2, 0) is 16.1 Å². The van der Waals surface area contributed by atoms with Gasteiger partial charge in [-0.2, -0.15) is 0 Å².